The van der Waals surface area contributed by atoms with Gasteiger partial charge >= 0.3 is 0 Å². The van der Waals surface area contributed by atoms with Gasteiger partial charge in [0.1, 0.15) is 6.04 Å². The average molecular weight is 281 g/mol. The summed E-state index contributed by atoms with van der Waals surface area (Å²) in [6.45, 7) is 3.74. The molecule has 6 heteroatoms. The maximum atomic E-state index is 12.6. The Morgan fingerprint density at radius 1 is 1.35 bits per heavy atom. The maximum absolute atomic E-state index is 12.6. The second-order valence-electron chi connectivity index (χ2n) is 5.76. The van der Waals surface area contributed by atoms with Crippen LogP contribution in [-0.2, 0) is 14.4 Å². The zero-order chi connectivity index (χ0) is 14.6. The molecule has 2 rings (SSSR count). The monoisotopic (exact) mass is 281 g/mol. The van der Waals surface area contributed by atoms with E-state index in [-0.39, 0.29) is 23.1 Å². The van der Waals surface area contributed by atoms with Gasteiger partial charge in [0.15, 0.2) is 0 Å². The van der Waals surface area contributed by atoms with Crippen LogP contribution in [0, 0.1) is 5.41 Å². The molecule has 112 valence electrons. The molecule has 20 heavy (non-hydrogen) atoms. The first-order valence-electron chi connectivity index (χ1n) is 7.43. The first kappa shape index (κ1) is 15.0. The SMILES string of the molecule is CCCC1(C(=O)NC2CCC(=O)NC2=O)CCNCC1. The number of carbonyl (C=O) groups is 3. The fourth-order valence-corrected chi connectivity index (χ4v) is 3.12. The van der Waals surface area contributed by atoms with Gasteiger partial charge in [-0.1, -0.05) is 13.3 Å². The number of piperidine rings is 2. The molecule has 0 bridgehead atoms. The molecule has 1 unspecified atom stereocenters. The molecule has 2 aliphatic rings. The molecule has 2 fully saturated rings. The van der Waals surface area contributed by atoms with Crippen LogP contribution in [0.2, 0.25) is 0 Å². The minimum atomic E-state index is -0.566. The summed E-state index contributed by atoms with van der Waals surface area (Å²) < 4.78 is 0. The summed E-state index contributed by atoms with van der Waals surface area (Å²) in [6.07, 6.45) is 4.09. The normalized spacial score (nSPS) is 25.9. The Morgan fingerprint density at radius 2 is 2.05 bits per heavy atom. The lowest BCUT2D eigenvalue weighted by molar-refractivity contribution is -0.141. The van der Waals surface area contributed by atoms with Crippen LogP contribution in [-0.4, -0.2) is 36.9 Å². The first-order chi connectivity index (χ1) is 9.57. The van der Waals surface area contributed by atoms with Gasteiger partial charge in [0, 0.05) is 6.42 Å². The largest absolute Gasteiger partial charge is 0.344 e. The average Bonchev–Trinajstić information content (AvgIpc) is 2.43. The lowest BCUT2D eigenvalue weighted by atomic mass is 9.74. The molecule has 0 spiro atoms. The number of amides is 3. The lowest BCUT2D eigenvalue weighted by Gasteiger charge is -2.37. The quantitative estimate of drug-likeness (QED) is 0.637. The molecule has 0 aromatic carbocycles. The van der Waals surface area contributed by atoms with E-state index in [1.807, 2.05) is 0 Å². The van der Waals surface area contributed by atoms with Crippen molar-refractivity contribution in [1.29, 1.82) is 0 Å². The Kier molecular flexibility index (Phi) is 4.75. The molecular formula is C14H23N3O3. The lowest BCUT2D eigenvalue weighted by Crippen LogP contribution is -2.56. The summed E-state index contributed by atoms with van der Waals surface area (Å²) in [5, 5.41) is 8.40. The molecule has 0 saturated carbocycles. The van der Waals surface area contributed by atoms with Crippen molar-refractivity contribution in [3.63, 3.8) is 0 Å². The highest BCUT2D eigenvalue weighted by Gasteiger charge is 2.40. The predicted molar refractivity (Wildman–Crippen MR) is 73.8 cm³/mol. The molecule has 2 aliphatic heterocycles. The standard InChI is InChI=1S/C14H23N3O3/c1-2-5-14(6-8-15-9-7-14)13(20)16-10-3-4-11(18)17-12(10)19/h10,15H,2-9H2,1H3,(H,16,20)(H,17,18,19). The molecule has 2 heterocycles. The fourth-order valence-electron chi connectivity index (χ4n) is 3.12. The molecule has 3 N–H and O–H groups in total. The Balaban J connectivity index is 2.01. The van der Waals surface area contributed by atoms with Crippen LogP contribution in [0.15, 0.2) is 0 Å². The van der Waals surface area contributed by atoms with Crippen molar-refractivity contribution in [2.45, 2.75) is 51.5 Å². The van der Waals surface area contributed by atoms with Crippen molar-refractivity contribution in [3.8, 4) is 0 Å². The summed E-state index contributed by atoms with van der Waals surface area (Å²) in [5.41, 5.74) is -0.359. The third kappa shape index (κ3) is 3.17. The number of hydrogen-bond donors (Lipinski definition) is 3. The number of nitrogens with one attached hydrogen (secondary N) is 3. The van der Waals surface area contributed by atoms with Gasteiger partial charge in [0.2, 0.25) is 17.7 Å². The van der Waals surface area contributed by atoms with Crippen LogP contribution < -0.4 is 16.0 Å². The molecule has 3 amide bonds. The Labute approximate surface area is 119 Å². The zero-order valence-corrected chi connectivity index (χ0v) is 12.0. The van der Waals surface area contributed by atoms with Gasteiger partial charge in [0.05, 0.1) is 5.41 Å². The molecule has 0 radical (unpaired) electrons. The summed E-state index contributed by atoms with van der Waals surface area (Å²) in [7, 11) is 0. The van der Waals surface area contributed by atoms with E-state index in [0.29, 0.717) is 12.8 Å². The molecule has 0 aromatic heterocycles. The summed E-state index contributed by atoms with van der Waals surface area (Å²) in [5.74, 6) is -0.670. The van der Waals surface area contributed by atoms with Gasteiger partial charge in [-0.3, -0.25) is 19.7 Å². The van der Waals surface area contributed by atoms with Gasteiger partial charge < -0.3 is 10.6 Å². The van der Waals surface area contributed by atoms with Crippen molar-refractivity contribution in [1.82, 2.24) is 16.0 Å². The van der Waals surface area contributed by atoms with Crippen molar-refractivity contribution in [2.75, 3.05) is 13.1 Å². The molecule has 0 aromatic rings. The first-order valence-corrected chi connectivity index (χ1v) is 7.43. The van der Waals surface area contributed by atoms with Crippen molar-refractivity contribution >= 4 is 17.7 Å². The van der Waals surface area contributed by atoms with Gasteiger partial charge in [0.25, 0.3) is 0 Å². The Morgan fingerprint density at radius 3 is 2.65 bits per heavy atom. The Hall–Kier alpha value is -1.43. The third-order valence-electron chi connectivity index (χ3n) is 4.32. The highest BCUT2D eigenvalue weighted by atomic mass is 16.2. The van der Waals surface area contributed by atoms with E-state index in [1.165, 1.54) is 0 Å². The zero-order valence-electron chi connectivity index (χ0n) is 12.0. The summed E-state index contributed by atoms with van der Waals surface area (Å²) >= 11 is 0. The van der Waals surface area contributed by atoms with E-state index in [1.54, 1.807) is 0 Å². The van der Waals surface area contributed by atoms with E-state index in [0.717, 1.165) is 38.8 Å². The van der Waals surface area contributed by atoms with E-state index in [2.05, 4.69) is 22.9 Å². The van der Waals surface area contributed by atoms with Gasteiger partial charge in [-0.05, 0) is 38.8 Å². The van der Waals surface area contributed by atoms with Gasteiger partial charge in [-0.15, -0.1) is 0 Å². The highest BCUT2D eigenvalue weighted by molar-refractivity contribution is 6.02. The topological polar surface area (TPSA) is 87.3 Å². The van der Waals surface area contributed by atoms with Crippen LogP contribution >= 0.6 is 0 Å². The number of carbonyl (C=O) groups excluding carboxylic acids is 3. The third-order valence-corrected chi connectivity index (χ3v) is 4.32. The molecule has 6 nitrogen and oxygen atoms in total. The van der Waals surface area contributed by atoms with Crippen molar-refractivity contribution < 1.29 is 14.4 Å². The molecule has 0 aliphatic carbocycles. The highest BCUT2D eigenvalue weighted by Crippen LogP contribution is 2.34. The smallest absolute Gasteiger partial charge is 0.249 e. The maximum Gasteiger partial charge on any atom is 0.249 e. The van der Waals surface area contributed by atoms with Gasteiger partial charge in [-0.2, -0.15) is 0 Å². The summed E-state index contributed by atoms with van der Waals surface area (Å²) in [6, 6.07) is -0.566. The predicted octanol–water partition coefficient (Wildman–Crippen LogP) is 0.0777. The minimum Gasteiger partial charge on any atom is -0.344 e. The molecule has 1 atom stereocenters. The number of rotatable bonds is 4. The fraction of sp³-hybridized carbons (Fsp3) is 0.786. The van der Waals surface area contributed by atoms with Crippen LogP contribution in [0.25, 0.3) is 0 Å². The van der Waals surface area contributed by atoms with Gasteiger partial charge in [-0.25, -0.2) is 0 Å². The van der Waals surface area contributed by atoms with Crippen LogP contribution in [0.3, 0.4) is 0 Å². The minimum absolute atomic E-state index is 0.0321. The van der Waals surface area contributed by atoms with Crippen molar-refractivity contribution in [2.24, 2.45) is 5.41 Å². The number of imide groups is 1. The molecular weight excluding hydrogens is 258 g/mol. The van der Waals surface area contributed by atoms with E-state index < -0.39 is 6.04 Å². The van der Waals surface area contributed by atoms with Crippen LogP contribution in [0.1, 0.15) is 45.4 Å². The summed E-state index contributed by atoms with van der Waals surface area (Å²) in [4.78, 5) is 35.4. The second-order valence-corrected chi connectivity index (χ2v) is 5.76. The molecule has 2 saturated heterocycles. The Bertz CT molecular complexity index is 397. The van der Waals surface area contributed by atoms with Crippen molar-refractivity contribution in [3.05, 3.63) is 0 Å². The van der Waals surface area contributed by atoms with E-state index in [4.69, 9.17) is 0 Å². The van der Waals surface area contributed by atoms with E-state index >= 15 is 0 Å². The van der Waals surface area contributed by atoms with Crippen LogP contribution in [0.5, 0.6) is 0 Å². The number of hydrogen-bond acceptors (Lipinski definition) is 4. The van der Waals surface area contributed by atoms with E-state index in [9.17, 15) is 14.4 Å². The van der Waals surface area contributed by atoms with Crippen LogP contribution in [0.4, 0.5) is 0 Å². The second kappa shape index (κ2) is 6.35.